The molecule has 0 saturated heterocycles. The Morgan fingerprint density at radius 2 is 1.81 bits per heavy atom. The van der Waals surface area contributed by atoms with Crippen molar-refractivity contribution in [3.8, 4) is 5.75 Å². The molecule has 112 valence electrons. The molecule has 0 fully saturated rings. The van der Waals surface area contributed by atoms with Crippen molar-refractivity contribution in [2.45, 2.75) is 19.4 Å². The van der Waals surface area contributed by atoms with E-state index in [0.717, 1.165) is 34.9 Å². The van der Waals surface area contributed by atoms with Gasteiger partial charge in [-0.1, -0.05) is 48.3 Å². The van der Waals surface area contributed by atoms with Gasteiger partial charge < -0.3 is 10.1 Å². The van der Waals surface area contributed by atoms with Crippen LogP contribution in [0.3, 0.4) is 0 Å². The maximum absolute atomic E-state index is 6.42. The number of ether oxygens (including phenoxy) is 1. The van der Waals surface area contributed by atoms with Gasteiger partial charge in [0.25, 0.3) is 0 Å². The van der Waals surface area contributed by atoms with E-state index in [2.05, 4.69) is 12.2 Å². The van der Waals surface area contributed by atoms with Crippen LogP contribution in [0.5, 0.6) is 5.75 Å². The van der Waals surface area contributed by atoms with Crippen LogP contribution in [0.15, 0.2) is 42.5 Å². The van der Waals surface area contributed by atoms with E-state index in [4.69, 9.17) is 27.9 Å². The Hall–Kier alpha value is -1.22. The minimum Gasteiger partial charge on any atom is -0.497 e. The van der Waals surface area contributed by atoms with Gasteiger partial charge in [0, 0.05) is 10.0 Å². The molecule has 1 unspecified atom stereocenters. The van der Waals surface area contributed by atoms with Crippen molar-refractivity contribution in [2.24, 2.45) is 0 Å². The molecule has 0 saturated carbocycles. The van der Waals surface area contributed by atoms with E-state index in [0.29, 0.717) is 5.02 Å². The van der Waals surface area contributed by atoms with Crippen molar-refractivity contribution >= 4 is 23.2 Å². The number of hydrogen-bond donors (Lipinski definition) is 1. The fourth-order valence-electron chi connectivity index (χ4n) is 2.22. The lowest BCUT2D eigenvalue weighted by atomic mass is 9.98. The zero-order chi connectivity index (χ0) is 15.2. The van der Waals surface area contributed by atoms with Crippen LogP contribution in [0, 0.1) is 0 Å². The summed E-state index contributed by atoms with van der Waals surface area (Å²) in [6, 6.07) is 13.7. The van der Waals surface area contributed by atoms with Crippen molar-refractivity contribution in [1.82, 2.24) is 5.32 Å². The first-order valence-corrected chi connectivity index (χ1v) is 7.73. The second kappa shape index (κ2) is 7.69. The van der Waals surface area contributed by atoms with Crippen molar-refractivity contribution in [3.63, 3.8) is 0 Å². The summed E-state index contributed by atoms with van der Waals surface area (Å²) in [7, 11) is 1.64. The first kappa shape index (κ1) is 16.2. The third kappa shape index (κ3) is 4.13. The number of methoxy groups -OCH3 is 1. The normalized spacial score (nSPS) is 12.2. The van der Waals surface area contributed by atoms with Gasteiger partial charge in [0.15, 0.2) is 0 Å². The predicted octanol–water partition coefficient (Wildman–Crippen LogP) is 5.09. The summed E-state index contributed by atoms with van der Waals surface area (Å²) in [4.78, 5) is 0. The van der Waals surface area contributed by atoms with Gasteiger partial charge in [-0.2, -0.15) is 0 Å². The smallest absolute Gasteiger partial charge is 0.120 e. The van der Waals surface area contributed by atoms with Gasteiger partial charge in [-0.05, 0) is 48.4 Å². The van der Waals surface area contributed by atoms with Crippen LogP contribution in [0.2, 0.25) is 10.0 Å². The van der Waals surface area contributed by atoms with Crippen molar-refractivity contribution in [1.29, 1.82) is 0 Å². The summed E-state index contributed by atoms with van der Waals surface area (Å²) in [6.07, 6.45) is 1.05. The molecule has 2 rings (SSSR count). The van der Waals surface area contributed by atoms with E-state index < -0.39 is 0 Å². The van der Waals surface area contributed by atoms with E-state index in [1.54, 1.807) is 7.11 Å². The lowest BCUT2D eigenvalue weighted by Gasteiger charge is -2.21. The second-order valence-electron chi connectivity index (χ2n) is 4.83. The first-order chi connectivity index (χ1) is 10.2. The van der Waals surface area contributed by atoms with Gasteiger partial charge in [-0.15, -0.1) is 0 Å². The lowest BCUT2D eigenvalue weighted by Crippen LogP contribution is -2.23. The number of nitrogens with one attached hydrogen (secondary N) is 1. The fraction of sp³-hybridized carbons (Fsp3) is 0.294. The lowest BCUT2D eigenvalue weighted by molar-refractivity contribution is 0.414. The summed E-state index contributed by atoms with van der Waals surface area (Å²) in [5.74, 6) is 0.758. The van der Waals surface area contributed by atoms with Crippen molar-refractivity contribution < 1.29 is 4.74 Å². The van der Waals surface area contributed by atoms with Gasteiger partial charge in [0.2, 0.25) is 0 Å². The highest BCUT2D eigenvalue weighted by atomic mass is 35.5. The maximum atomic E-state index is 6.42. The summed E-state index contributed by atoms with van der Waals surface area (Å²) < 4.78 is 5.21. The molecule has 21 heavy (non-hydrogen) atoms. The summed E-state index contributed by atoms with van der Waals surface area (Å²) >= 11 is 12.4. The molecule has 0 aliphatic rings. The molecule has 0 amide bonds. The molecule has 0 aliphatic heterocycles. The van der Waals surface area contributed by atoms with Crippen LogP contribution in [0.25, 0.3) is 0 Å². The molecule has 0 heterocycles. The monoisotopic (exact) mass is 323 g/mol. The van der Waals surface area contributed by atoms with Crippen LogP contribution in [0.1, 0.15) is 30.5 Å². The van der Waals surface area contributed by atoms with Gasteiger partial charge >= 0.3 is 0 Å². The van der Waals surface area contributed by atoms with Crippen molar-refractivity contribution in [2.75, 3.05) is 13.7 Å². The van der Waals surface area contributed by atoms with E-state index in [9.17, 15) is 0 Å². The molecule has 4 heteroatoms. The van der Waals surface area contributed by atoms with E-state index in [-0.39, 0.29) is 6.04 Å². The highest BCUT2D eigenvalue weighted by Gasteiger charge is 2.16. The Balaban J connectivity index is 2.37. The zero-order valence-corrected chi connectivity index (χ0v) is 13.7. The van der Waals surface area contributed by atoms with Gasteiger partial charge in [-0.3, -0.25) is 0 Å². The van der Waals surface area contributed by atoms with E-state index >= 15 is 0 Å². The van der Waals surface area contributed by atoms with Gasteiger partial charge in [-0.25, -0.2) is 0 Å². The largest absolute Gasteiger partial charge is 0.497 e. The molecule has 2 aromatic carbocycles. The van der Waals surface area contributed by atoms with Gasteiger partial charge in [0.05, 0.1) is 13.2 Å². The number of halogens is 2. The molecule has 1 atom stereocenters. The molecule has 1 N–H and O–H groups in total. The average Bonchev–Trinajstić information content (AvgIpc) is 2.50. The zero-order valence-electron chi connectivity index (χ0n) is 12.2. The highest BCUT2D eigenvalue weighted by Crippen LogP contribution is 2.31. The van der Waals surface area contributed by atoms with Crippen LogP contribution in [0.4, 0.5) is 0 Å². The summed E-state index contributed by atoms with van der Waals surface area (Å²) in [6.45, 7) is 3.05. The molecule has 0 aromatic heterocycles. The third-order valence-corrected chi connectivity index (χ3v) is 3.90. The first-order valence-electron chi connectivity index (χ1n) is 6.98. The average molecular weight is 324 g/mol. The molecule has 2 aromatic rings. The summed E-state index contributed by atoms with van der Waals surface area (Å²) in [5, 5.41) is 4.95. The molecule has 0 bridgehead atoms. The topological polar surface area (TPSA) is 21.3 Å². The van der Waals surface area contributed by atoms with Crippen molar-refractivity contribution in [3.05, 3.63) is 63.6 Å². The number of hydrogen-bond acceptors (Lipinski definition) is 2. The van der Waals surface area contributed by atoms with Gasteiger partial charge in [0.1, 0.15) is 5.75 Å². The minimum absolute atomic E-state index is 0.0422. The second-order valence-corrected chi connectivity index (χ2v) is 5.67. The Kier molecular flexibility index (Phi) is 5.92. The Bertz CT molecular complexity index is 584. The van der Waals surface area contributed by atoms with E-state index in [1.165, 1.54) is 0 Å². The Morgan fingerprint density at radius 3 is 2.38 bits per heavy atom. The molecule has 0 spiro atoms. The Morgan fingerprint density at radius 1 is 1.10 bits per heavy atom. The van der Waals surface area contributed by atoms with Crippen LogP contribution in [-0.4, -0.2) is 13.7 Å². The number of rotatable bonds is 6. The quantitative estimate of drug-likeness (QED) is 0.799. The molecular formula is C17H19Cl2NO. The van der Waals surface area contributed by atoms with Crippen LogP contribution in [-0.2, 0) is 0 Å². The summed E-state index contributed by atoms with van der Waals surface area (Å²) in [5.41, 5.74) is 2.17. The molecule has 0 radical (unpaired) electrons. The molecular weight excluding hydrogens is 305 g/mol. The van der Waals surface area contributed by atoms with Crippen LogP contribution >= 0.6 is 23.2 Å². The Labute approximate surface area is 136 Å². The van der Waals surface area contributed by atoms with Crippen LogP contribution < -0.4 is 10.1 Å². The third-order valence-electron chi connectivity index (χ3n) is 3.32. The predicted molar refractivity (Wildman–Crippen MR) is 89.6 cm³/mol. The standard InChI is InChI=1S/C17H19Cl2NO/c1-3-10-20-17(12-4-6-13(18)7-5-12)15-9-8-14(21-2)11-16(15)19/h4-9,11,17,20H,3,10H2,1-2H3. The maximum Gasteiger partial charge on any atom is 0.120 e. The van der Waals surface area contributed by atoms with E-state index in [1.807, 2.05) is 42.5 Å². The molecule has 0 aliphatic carbocycles. The molecule has 2 nitrogen and oxygen atoms in total. The highest BCUT2D eigenvalue weighted by molar-refractivity contribution is 6.31. The SMILES string of the molecule is CCCNC(c1ccc(Cl)cc1)c1ccc(OC)cc1Cl. The fourth-order valence-corrected chi connectivity index (χ4v) is 2.63. The minimum atomic E-state index is 0.0422. The number of benzene rings is 2.